The largest absolute Gasteiger partial charge is 0.480 e. The number of carboxylic acid groups (broad SMARTS) is 1. The van der Waals surface area contributed by atoms with E-state index in [9.17, 15) is 9.59 Å². The first-order chi connectivity index (χ1) is 11.8. The smallest absolute Gasteiger partial charge is 0.328 e. The Labute approximate surface area is 151 Å². The molecule has 0 aliphatic carbocycles. The number of fused-ring (bicyclic) bond motifs is 1. The van der Waals surface area contributed by atoms with Crippen LogP contribution in [0.5, 0.6) is 0 Å². The second-order valence-electron chi connectivity index (χ2n) is 5.40. The molecule has 0 spiro atoms. The SMILES string of the molecule is CC(C(=O)O)n1cc2nc(N(C)c3ccc(Cl)c(Cl)c3)[nH]c(=O)c2n1. The lowest BCUT2D eigenvalue weighted by atomic mass is 10.3. The van der Waals surface area contributed by atoms with Gasteiger partial charge in [0.2, 0.25) is 5.95 Å². The number of benzene rings is 1. The summed E-state index contributed by atoms with van der Waals surface area (Å²) in [5.41, 5.74) is 0.560. The van der Waals surface area contributed by atoms with E-state index in [-0.39, 0.29) is 11.5 Å². The summed E-state index contributed by atoms with van der Waals surface area (Å²) in [6, 6.07) is 4.10. The Morgan fingerprint density at radius 3 is 2.72 bits per heavy atom. The summed E-state index contributed by atoms with van der Waals surface area (Å²) in [7, 11) is 1.70. The first-order valence-electron chi connectivity index (χ1n) is 7.18. The quantitative estimate of drug-likeness (QED) is 0.719. The van der Waals surface area contributed by atoms with Crippen molar-refractivity contribution >= 4 is 51.8 Å². The number of aromatic nitrogens is 4. The van der Waals surface area contributed by atoms with Gasteiger partial charge >= 0.3 is 5.97 Å². The lowest BCUT2D eigenvalue weighted by Gasteiger charge is -2.18. The Bertz CT molecular complexity index is 1030. The number of nitrogens with zero attached hydrogens (tertiary/aromatic N) is 4. The van der Waals surface area contributed by atoms with Crippen LogP contribution in [0, 0.1) is 0 Å². The van der Waals surface area contributed by atoms with Crippen LogP contribution < -0.4 is 10.5 Å². The molecule has 1 aromatic carbocycles. The Morgan fingerprint density at radius 1 is 1.36 bits per heavy atom. The number of aliphatic carboxylic acids is 1. The van der Waals surface area contributed by atoms with Gasteiger partial charge in [0.15, 0.2) is 5.52 Å². The molecule has 0 saturated heterocycles. The van der Waals surface area contributed by atoms with Crippen molar-refractivity contribution in [1.29, 1.82) is 0 Å². The van der Waals surface area contributed by atoms with Crippen LogP contribution in [-0.2, 0) is 4.79 Å². The molecule has 2 N–H and O–H groups in total. The molecule has 0 aliphatic heterocycles. The van der Waals surface area contributed by atoms with Crippen LogP contribution in [0.3, 0.4) is 0 Å². The fourth-order valence-corrected chi connectivity index (χ4v) is 2.51. The second-order valence-corrected chi connectivity index (χ2v) is 6.22. The normalized spacial score (nSPS) is 12.3. The average molecular weight is 382 g/mol. The van der Waals surface area contributed by atoms with E-state index in [0.29, 0.717) is 21.2 Å². The number of rotatable bonds is 4. The van der Waals surface area contributed by atoms with Crippen LogP contribution in [0.15, 0.2) is 29.2 Å². The minimum Gasteiger partial charge on any atom is -0.480 e. The van der Waals surface area contributed by atoms with Crippen molar-refractivity contribution in [1.82, 2.24) is 19.7 Å². The predicted molar refractivity (Wildman–Crippen MR) is 95.0 cm³/mol. The Kier molecular flexibility index (Phi) is 4.40. The Hall–Kier alpha value is -2.58. The number of hydrogen-bond acceptors (Lipinski definition) is 5. The molecule has 1 unspecified atom stereocenters. The summed E-state index contributed by atoms with van der Waals surface area (Å²) in [5, 5.41) is 13.9. The first kappa shape index (κ1) is 17.2. The van der Waals surface area contributed by atoms with Crippen LogP contribution in [-0.4, -0.2) is 37.9 Å². The van der Waals surface area contributed by atoms with Gasteiger partial charge in [-0.2, -0.15) is 5.10 Å². The summed E-state index contributed by atoms with van der Waals surface area (Å²) in [5.74, 6) is -0.796. The zero-order chi connectivity index (χ0) is 18.3. The number of aromatic amines is 1. The summed E-state index contributed by atoms with van der Waals surface area (Å²) in [6.45, 7) is 1.46. The molecule has 25 heavy (non-hydrogen) atoms. The van der Waals surface area contributed by atoms with Gasteiger partial charge in [-0.15, -0.1) is 0 Å². The molecule has 0 bridgehead atoms. The van der Waals surface area contributed by atoms with Gasteiger partial charge < -0.3 is 10.0 Å². The van der Waals surface area contributed by atoms with Crippen LogP contribution in [0.2, 0.25) is 10.0 Å². The van der Waals surface area contributed by atoms with Crippen molar-refractivity contribution in [2.75, 3.05) is 11.9 Å². The van der Waals surface area contributed by atoms with Crippen molar-refractivity contribution in [2.45, 2.75) is 13.0 Å². The van der Waals surface area contributed by atoms with Gasteiger partial charge in [0, 0.05) is 12.7 Å². The number of hydrogen-bond donors (Lipinski definition) is 2. The monoisotopic (exact) mass is 381 g/mol. The molecule has 10 heteroatoms. The maximum Gasteiger partial charge on any atom is 0.328 e. The maximum atomic E-state index is 12.3. The fourth-order valence-electron chi connectivity index (χ4n) is 2.21. The fraction of sp³-hybridized carbons (Fsp3) is 0.200. The van der Waals surface area contributed by atoms with Crippen molar-refractivity contribution in [3.8, 4) is 0 Å². The summed E-state index contributed by atoms with van der Waals surface area (Å²) in [4.78, 5) is 31.9. The highest BCUT2D eigenvalue weighted by Crippen LogP contribution is 2.29. The van der Waals surface area contributed by atoms with Gasteiger partial charge in [0.25, 0.3) is 5.56 Å². The molecule has 3 aromatic rings. The standard InChI is InChI=1S/C15H13Cl2N5O3/c1-7(14(24)25)22-6-11-12(20-22)13(23)19-15(18-11)21(2)8-3-4-9(16)10(17)5-8/h3-7H,1-2H3,(H,24,25)(H,18,19,23). The van der Waals surface area contributed by atoms with Gasteiger partial charge in [-0.1, -0.05) is 23.2 Å². The van der Waals surface area contributed by atoms with Crippen molar-refractivity contribution in [3.63, 3.8) is 0 Å². The minimum absolute atomic E-state index is 0.0689. The number of H-pyrrole nitrogens is 1. The van der Waals surface area contributed by atoms with Crippen molar-refractivity contribution in [3.05, 3.63) is 44.8 Å². The van der Waals surface area contributed by atoms with E-state index in [1.54, 1.807) is 30.1 Å². The van der Waals surface area contributed by atoms with E-state index in [2.05, 4.69) is 15.1 Å². The minimum atomic E-state index is -1.06. The second kappa shape index (κ2) is 6.38. The van der Waals surface area contributed by atoms with Gasteiger partial charge in [0.05, 0.1) is 16.2 Å². The lowest BCUT2D eigenvalue weighted by molar-refractivity contribution is -0.140. The molecule has 0 amide bonds. The predicted octanol–water partition coefficient (Wildman–Crippen LogP) is 2.84. The average Bonchev–Trinajstić information content (AvgIpc) is 3.00. The zero-order valence-electron chi connectivity index (χ0n) is 13.2. The van der Waals surface area contributed by atoms with Gasteiger partial charge in [-0.3, -0.25) is 14.5 Å². The highest BCUT2D eigenvalue weighted by molar-refractivity contribution is 6.42. The summed E-state index contributed by atoms with van der Waals surface area (Å²) in [6.07, 6.45) is 1.43. The molecule has 0 saturated carbocycles. The highest BCUT2D eigenvalue weighted by atomic mass is 35.5. The van der Waals surface area contributed by atoms with E-state index >= 15 is 0 Å². The summed E-state index contributed by atoms with van der Waals surface area (Å²) >= 11 is 11.9. The molecule has 0 fully saturated rings. The third-order valence-electron chi connectivity index (χ3n) is 3.74. The van der Waals surface area contributed by atoms with Crippen molar-refractivity contribution < 1.29 is 9.90 Å². The van der Waals surface area contributed by atoms with E-state index in [1.165, 1.54) is 17.8 Å². The third-order valence-corrected chi connectivity index (χ3v) is 4.48. The molecule has 1 atom stereocenters. The molecule has 0 aliphatic rings. The third kappa shape index (κ3) is 3.18. The molecule has 8 nitrogen and oxygen atoms in total. The van der Waals surface area contributed by atoms with E-state index in [4.69, 9.17) is 28.3 Å². The highest BCUT2D eigenvalue weighted by Gasteiger charge is 2.18. The number of carbonyl (C=O) groups is 1. The first-order valence-corrected chi connectivity index (χ1v) is 7.94. The Balaban J connectivity index is 2.06. The molecule has 2 heterocycles. The maximum absolute atomic E-state index is 12.3. The van der Waals surface area contributed by atoms with Gasteiger partial charge in [0.1, 0.15) is 11.6 Å². The number of halogens is 2. The molecule has 2 aromatic heterocycles. The molecule has 130 valence electrons. The van der Waals surface area contributed by atoms with Crippen LogP contribution in [0.4, 0.5) is 11.6 Å². The van der Waals surface area contributed by atoms with Crippen LogP contribution >= 0.6 is 23.2 Å². The Morgan fingerprint density at radius 2 is 2.08 bits per heavy atom. The molecule has 3 rings (SSSR count). The summed E-state index contributed by atoms with van der Waals surface area (Å²) < 4.78 is 1.19. The zero-order valence-corrected chi connectivity index (χ0v) is 14.7. The van der Waals surface area contributed by atoms with E-state index in [1.807, 2.05) is 0 Å². The molecular formula is C15H13Cl2N5O3. The van der Waals surface area contributed by atoms with Gasteiger partial charge in [-0.05, 0) is 25.1 Å². The van der Waals surface area contributed by atoms with Crippen LogP contribution in [0.25, 0.3) is 11.0 Å². The number of nitrogens with one attached hydrogen (secondary N) is 1. The van der Waals surface area contributed by atoms with Crippen LogP contribution in [0.1, 0.15) is 13.0 Å². The van der Waals surface area contributed by atoms with E-state index < -0.39 is 17.6 Å². The number of carboxylic acids is 1. The van der Waals surface area contributed by atoms with Crippen molar-refractivity contribution in [2.24, 2.45) is 0 Å². The molecular weight excluding hydrogens is 369 g/mol. The lowest BCUT2D eigenvalue weighted by Crippen LogP contribution is -2.19. The number of anilines is 2. The molecule has 0 radical (unpaired) electrons. The van der Waals surface area contributed by atoms with Gasteiger partial charge in [-0.25, -0.2) is 9.78 Å². The topological polar surface area (TPSA) is 104 Å². The van der Waals surface area contributed by atoms with E-state index in [0.717, 1.165) is 0 Å².